The Morgan fingerprint density at radius 2 is 1.75 bits per heavy atom. The number of carbonyl (C=O) groups is 1. The van der Waals surface area contributed by atoms with E-state index in [-0.39, 0.29) is 5.91 Å². The quantitative estimate of drug-likeness (QED) is 0.621. The molecule has 4 aliphatic carbocycles. The second-order valence-corrected chi connectivity index (χ2v) is 10.8. The van der Waals surface area contributed by atoms with Crippen LogP contribution in [0, 0.1) is 37.0 Å². The van der Waals surface area contributed by atoms with Gasteiger partial charge in [0.1, 0.15) is 0 Å². The summed E-state index contributed by atoms with van der Waals surface area (Å²) in [4.78, 5) is 18.5. The number of amides is 1. The van der Waals surface area contributed by atoms with Crippen molar-refractivity contribution in [3.8, 4) is 11.3 Å². The van der Waals surface area contributed by atoms with Crippen LogP contribution >= 0.6 is 0 Å². The molecule has 4 saturated carbocycles. The Labute approximate surface area is 189 Å². The lowest BCUT2D eigenvalue weighted by atomic mass is 9.49. The fraction of sp³-hybridized carbons (Fsp3) is 0.519. The Bertz CT molecular complexity index is 1190. The molecule has 4 fully saturated rings. The van der Waals surface area contributed by atoms with E-state index in [1.165, 1.54) is 38.5 Å². The molecular formula is C27H32N4O. The first-order valence-electron chi connectivity index (χ1n) is 12.1. The van der Waals surface area contributed by atoms with Crippen molar-refractivity contribution in [3.05, 3.63) is 47.3 Å². The summed E-state index contributed by atoms with van der Waals surface area (Å²) in [6.45, 7) is 4.87. The van der Waals surface area contributed by atoms with Crippen molar-refractivity contribution in [3.63, 3.8) is 0 Å². The molecule has 5 heteroatoms. The van der Waals surface area contributed by atoms with Crippen LogP contribution in [-0.2, 0) is 7.05 Å². The normalized spacial score (nSPS) is 28.4. The van der Waals surface area contributed by atoms with E-state index in [2.05, 4.69) is 17.3 Å². The minimum Gasteiger partial charge on any atom is -0.351 e. The smallest absolute Gasteiger partial charge is 0.252 e. The summed E-state index contributed by atoms with van der Waals surface area (Å²) in [7, 11) is 1.95. The van der Waals surface area contributed by atoms with Crippen molar-refractivity contribution < 1.29 is 4.79 Å². The largest absolute Gasteiger partial charge is 0.351 e. The number of fused-ring (bicyclic) bond motifs is 1. The van der Waals surface area contributed by atoms with Crippen molar-refractivity contribution in [1.82, 2.24) is 20.1 Å². The number of nitrogens with zero attached hydrogens (tertiary/aromatic N) is 3. The molecule has 2 heterocycles. The highest BCUT2D eigenvalue weighted by Crippen LogP contribution is 2.59. The van der Waals surface area contributed by atoms with Gasteiger partial charge in [-0.15, -0.1) is 0 Å². The van der Waals surface area contributed by atoms with Crippen LogP contribution in [0.25, 0.3) is 22.2 Å². The Kier molecular flexibility index (Phi) is 4.46. The van der Waals surface area contributed by atoms with Gasteiger partial charge in [0.25, 0.3) is 5.91 Å². The van der Waals surface area contributed by atoms with Crippen molar-refractivity contribution in [2.75, 3.05) is 6.54 Å². The van der Waals surface area contributed by atoms with E-state index in [9.17, 15) is 4.79 Å². The number of benzene rings is 1. The van der Waals surface area contributed by atoms with Gasteiger partial charge in [-0.25, -0.2) is 4.98 Å². The molecule has 5 nitrogen and oxygen atoms in total. The third-order valence-electron chi connectivity index (χ3n) is 8.51. The molecule has 0 unspecified atom stereocenters. The summed E-state index contributed by atoms with van der Waals surface area (Å²) >= 11 is 0. The molecule has 1 amide bonds. The summed E-state index contributed by atoms with van der Waals surface area (Å²) in [5, 5.41) is 8.85. The van der Waals surface area contributed by atoms with Gasteiger partial charge in [0.2, 0.25) is 0 Å². The molecule has 1 N–H and O–H groups in total. The van der Waals surface area contributed by atoms with E-state index in [1.807, 2.05) is 49.0 Å². The van der Waals surface area contributed by atoms with Crippen molar-refractivity contribution in [2.24, 2.45) is 30.2 Å². The Balaban J connectivity index is 1.34. The second kappa shape index (κ2) is 7.16. The summed E-state index contributed by atoms with van der Waals surface area (Å²) < 4.78 is 1.88. The molecule has 0 saturated heterocycles. The van der Waals surface area contributed by atoms with Gasteiger partial charge in [-0.05, 0) is 87.7 Å². The van der Waals surface area contributed by atoms with E-state index in [0.29, 0.717) is 5.41 Å². The van der Waals surface area contributed by atoms with Crippen LogP contribution in [0.2, 0.25) is 0 Å². The molecule has 7 rings (SSSR count). The fourth-order valence-electron chi connectivity index (χ4n) is 7.51. The molecule has 1 aromatic carbocycles. The predicted molar refractivity (Wildman–Crippen MR) is 126 cm³/mol. The van der Waals surface area contributed by atoms with Crippen LogP contribution in [0.4, 0.5) is 0 Å². The number of hydrogen-bond acceptors (Lipinski definition) is 3. The first kappa shape index (κ1) is 20.0. The van der Waals surface area contributed by atoms with Crippen LogP contribution in [-0.4, -0.2) is 27.2 Å². The monoisotopic (exact) mass is 428 g/mol. The highest BCUT2D eigenvalue weighted by molar-refractivity contribution is 6.07. The average molecular weight is 429 g/mol. The summed E-state index contributed by atoms with van der Waals surface area (Å²) in [6.07, 6.45) is 8.18. The lowest BCUT2D eigenvalue weighted by molar-refractivity contribution is -0.0503. The average Bonchev–Trinajstić information content (AvgIpc) is 3.01. The maximum Gasteiger partial charge on any atom is 0.252 e. The maximum atomic E-state index is 13.6. The summed E-state index contributed by atoms with van der Waals surface area (Å²) in [5.41, 5.74) is 5.75. The standard InChI is InChI=1S/C27H32N4O/c1-16-25(17(2)31(3)30-16)24-11-22(21-6-4-5-7-23(21)29-24)26(32)28-15-27-12-18-8-19(13-27)10-20(9-18)14-27/h4-7,11,18-20H,8-10,12-15H2,1-3H3,(H,28,32). The molecule has 0 radical (unpaired) electrons. The Morgan fingerprint density at radius 1 is 1.09 bits per heavy atom. The number of pyridine rings is 1. The van der Waals surface area contributed by atoms with Crippen LogP contribution in [0.15, 0.2) is 30.3 Å². The van der Waals surface area contributed by atoms with Gasteiger partial charge >= 0.3 is 0 Å². The number of para-hydroxylation sites is 1. The number of aromatic nitrogens is 3. The molecule has 0 aliphatic heterocycles. The molecule has 0 spiro atoms. The highest BCUT2D eigenvalue weighted by atomic mass is 16.1. The van der Waals surface area contributed by atoms with E-state index in [4.69, 9.17) is 4.98 Å². The van der Waals surface area contributed by atoms with Gasteiger partial charge in [-0.1, -0.05) is 18.2 Å². The Hall–Kier alpha value is -2.69. The molecule has 0 atom stereocenters. The lowest BCUT2D eigenvalue weighted by Gasteiger charge is -2.56. The zero-order chi connectivity index (χ0) is 22.0. The highest BCUT2D eigenvalue weighted by Gasteiger charge is 2.50. The number of rotatable bonds is 4. The second-order valence-electron chi connectivity index (χ2n) is 10.8. The van der Waals surface area contributed by atoms with Crippen LogP contribution in [0.5, 0.6) is 0 Å². The maximum absolute atomic E-state index is 13.6. The van der Waals surface area contributed by atoms with Gasteiger partial charge in [0, 0.05) is 30.2 Å². The van der Waals surface area contributed by atoms with E-state index < -0.39 is 0 Å². The Morgan fingerprint density at radius 3 is 2.38 bits per heavy atom. The number of carbonyl (C=O) groups excluding carboxylic acids is 1. The minimum atomic E-state index is 0.0276. The van der Waals surface area contributed by atoms with E-state index >= 15 is 0 Å². The number of aryl methyl sites for hydroxylation is 2. The fourth-order valence-corrected chi connectivity index (χ4v) is 7.51. The topological polar surface area (TPSA) is 59.8 Å². The molecule has 2 aromatic heterocycles. The van der Waals surface area contributed by atoms with Crippen LogP contribution < -0.4 is 5.32 Å². The minimum absolute atomic E-state index is 0.0276. The third-order valence-corrected chi connectivity index (χ3v) is 8.51. The predicted octanol–water partition coefficient (Wildman–Crippen LogP) is 5.20. The van der Waals surface area contributed by atoms with Crippen molar-refractivity contribution >= 4 is 16.8 Å². The van der Waals surface area contributed by atoms with Crippen molar-refractivity contribution in [1.29, 1.82) is 0 Å². The summed E-state index contributed by atoms with van der Waals surface area (Å²) in [5.74, 6) is 2.70. The number of nitrogens with one attached hydrogen (secondary N) is 1. The summed E-state index contributed by atoms with van der Waals surface area (Å²) in [6, 6.07) is 9.94. The van der Waals surface area contributed by atoms with Gasteiger partial charge in [0.15, 0.2) is 0 Å². The molecule has 32 heavy (non-hydrogen) atoms. The van der Waals surface area contributed by atoms with Crippen LogP contribution in [0.1, 0.15) is 60.3 Å². The van der Waals surface area contributed by atoms with Crippen LogP contribution in [0.3, 0.4) is 0 Å². The number of hydrogen-bond donors (Lipinski definition) is 1. The first-order valence-corrected chi connectivity index (χ1v) is 12.1. The lowest BCUT2D eigenvalue weighted by Crippen LogP contribution is -2.51. The molecular weight excluding hydrogens is 396 g/mol. The first-order chi connectivity index (χ1) is 15.4. The SMILES string of the molecule is Cc1nn(C)c(C)c1-c1cc(C(=O)NCC23CC4CC(CC(C4)C2)C3)c2ccccc2n1. The molecule has 166 valence electrons. The molecule has 3 aromatic rings. The van der Waals surface area contributed by atoms with Gasteiger partial charge in [-0.2, -0.15) is 5.10 Å². The third kappa shape index (κ3) is 3.16. The van der Waals surface area contributed by atoms with Gasteiger partial charge in [0.05, 0.1) is 22.5 Å². The molecule has 4 bridgehead atoms. The van der Waals surface area contributed by atoms with Gasteiger partial charge in [-0.3, -0.25) is 9.48 Å². The van der Waals surface area contributed by atoms with Crippen molar-refractivity contribution in [2.45, 2.75) is 52.4 Å². The zero-order valence-corrected chi connectivity index (χ0v) is 19.3. The van der Waals surface area contributed by atoms with E-state index in [1.54, 1.807) is 0 Å². The molecule has 4 aliphatic rings. The zero-order valence-electron chi connectivity index (χ0n) is 19.3. The van der Waals surface area contributed by atoms with E-state index in [0.717, 1.165) is 63.4 Å². The van der Waals surface area contributed by atoms with Gasteiger partial charge < -0.3 is 5.32 Å².